The third kappa shape index (κ3) is 6.49. The molecule has 39 heavy (non-hydrogen) atoms. The van der Waals surface area contributed by atoms with E-state index in [1.54, 1.807) is 24.3 Å². The first-order valence-electron chi connectivity index (χ1n) is 12.8. The van der Waals surface area contributed by atoms with Crippen molar-refractivity contribution in [2.45, 2.75) is 31.7 Å². The molecule has 1 saturated heterocycles. The Labute approximate surface area is 225 Å². The monoisotopic (exact) mass is 531 g/mol. The molecule has 1 unspecified atom stereocenters. The van der Waals surface area contributed by atoms with E-state index < -0.39 is 24.1 Å². The number of alkyl halides is 3. The van der Waals surface area contributed by atoms with Crippen molar-refractivity contribution in [3.63, 3.8) is 0 Å². The highest BCUT2D eigenvalue weighted by Crippen LogP contribution is 2.42. The van der Waals surface area contributed by atoms with Crippen molar-refractivity contribution in [1.29, 1.82) is 0 Å². The van der Waals surface area contributed by atoms with Gasteiger partial charge in [0.15, 0.2) is 0 Å². The molecule has 1 aliphatic heterocycles. The molecule has 4 aromatic rings. The molecule has 1 heterocycles. The van der Waals surface area contributed by atoms with E-state index in [2.05, 4.69) is 0 Å². The van der Waals surface area contributed by atoms with E-state index in [4.69, 9.17) is 9.47 Å². The van der Waals surface area contributed by atoms with Crippen molar-refractivity contribution in [2.24, 2.45) is 0 Å². The predicted molar refractivity (Wildman–Crippen MR) is 143 cm³/mol. The van der Waals surface area contributed by atoms with E-state index in [0.717, 1.165) is 16.7 Å². The Morgan fingerprint density at radius 2 is 1.46 bits per heavy atom. The highest BCUT2D eigenvalue weighted by Gasteiger charge is 2.39. The fourth-order valence-corrected chi connectivity index (χ4v) is 4.86. The molecule has 1 aliphatic rings. The fraction of sp³-hybridized carbons (Fsp3) is 0.219. The topological polar surface area (TPSA) is 38.8 Å². The molecular formula is C32H28F3NO3. The van der Waals surface area contributed by atoms with Gasteiger partial charge in [0.05, 0.1) is 19.1 Å². The zero-order valence-electron chi connectivity index (χ0n) is 21.2. The van der Waals surface area contributed by atoms with Gasteiger partial charge >= 0.3 is 6.18 Å². The molecule has 0 bridgehead atoms. The third-order valence-corrected chi connectivity index (χ3v) is 6.77. The standard InChI is InChI=1S/C32H28F3NO3/c33-32(34,35)31-27(19-30(37)36-22-38-21-28(36)16-23-10-4-1-5-11-23)17-26(25-14-8-3-9-15-25)18-29(31)39-20-24-12-6-2-7-13-24/h1-15,17-18,28H,16,19-22H2. The van der Waals surface area contributed by atoms with E-state index in [-0.39, 0.29) is 30.7 Å². The Morgan fingerprint density at radius 1 is 0.846 bits per heavy atom. The molecular weight excluding hydrogens is 503 g/mol. The van der Waals surface area contributed by atoms with Gasteiger partial charge in [-0.2, -0.15) is 13.2 Å². The summed E-state index contributed by atoms with van der Waals surface area (Å²) in [5.74, 6) is -0.716. The maximum atomic E-state index is 14.5. The number of halogens is 3. The summed E-state index contributed by atoms with van der Waals surface area (Å²) >= 11 is 0. The van der Waals surface area contributed by atoms with Crippen LogP contribution in [0.25, 0.3) is 11.1 Å². The number of carbonyl (C=O) groups is 1. The highest BCUT2D eigenvalue weighted by atomic mass is 19.4. The second-order valence-electron chi connectivity index (χ2n) is 9.53. The lowest BCUT2D eigenvalue weighted by atomic mass is 9.95. The second-order valence-corrected chi connectivity index (χ2v) is 9.53. The molecule has 1 fully saturated rings. The van der Waals surface area contributed by atoms with Crippen LogP contribution in [0.3, 0.4) is 0 Å². The molecule has 0 aliphatic carbocycles. The van der Waals surface area contributed by atoms with Crippen LogP contribution < -0.4 is 4.74 Å². The van der Waals surface area contributed by atoms with Gasteiger partial charge in [-0.15, -0.1) is 0 Å². The zero-order chi connectivity index (χ0) is 27.2. The van der Waals surface area contributed by atoms with Gasteiger partial charge in [-0.3, -0.25) is 4.79 Å². The van der Waals surface area contributed by atoms with E-state index in [9.17, 15) is 18.0 Å². The van der Waals surface area contributed by atoms with Gasteiger partial charge in [-0.25, -0.2) is 0 Å². The molecule has 7 heteroatoms. The number of amides is 1. The predicted octanol–water partition coefficient (Wildman–Crippen LogP) is 6.92. The molecule has 4 nitrogen and oxygen atoms in total. The summed E-state index contributed by atoms with van der Waals surface area (Å²) in [6.45, 7) is 0.352. The zero-order valence-corrected chi connectivity index (χ0v) is 21.2. The molecule has 4 aromatic carbocycles. The number of hydrogen-bond acceptors (Lipinski definition) is 3. The highest BCUT2D eigenvalue weighted by molar-refractivity contribution is 5.81. The van der Waals surface area contributed by atoms with E-state index in [0.29, 0.717) is 18.6 Å². The van der Waals surface area contributed by atoms with Crippen LogP contribution in [0, 0.1) is 0 Å². The summed E-state index contributed by atoms with van der Waals surface area (Å²) in [5, 5.41) is 0. The SMILES string of the molecule is O=C(Cc1cc(-c2ccccc2)cc(OCc2ccccc2)c1C(F)(F)F)N1COCC1Cc1ccccc1. The van der Waals surface area contributed by atoms with Crippen LogP contribution in [0.5, 0.6) is 5.75 Å². The lowest BCUT2D eigenvalue weighted by molar-refractivity contribution is -0.140. The second kappa shape index (κ2) is 11.7. The third-order valence-electron chi connectivity index (χ3n) is 6.77. The minimum Gasteiger partial charge on any atom is -0.488 e. The first-order valence-corrected chi connectivity index (χ1v) is 12.8. The van der Waals surface area contributed by atoms with Crippen molar-refractivity contribution in [3.05, 3.63) is 125 Å². The van der Waals surface area contributed by atoms with Crippen molar-refractivity contribution in [1.82, 2.24) is 4.90 Å². The van der Waals surface area contributed by atoms with Crippen LogP contribution in [-0.2, 0) is 35.2 Å². The molecule has 1 atom stereocenters. The molecule has 0 spiro atoms. The lowest BCUT2D eigenvalue weighted by Gasteiger charge is -2.25. The Kier molecular flexibility index (Phi) is 7.98. The Bertz CT molecular complexity index is 1390. The molecule has 0 radical (unpaired) electrons. The molecule has 0 N–H and O–H groups in total. The van der Waals surface area contributed by atoms with Crippen LogP contribution in [-0.4, -0.2) is 30.2 Å². The lowest BCUT2D eigenvalue weighted by Crippen LogP contribution is -2.39. The summed E-state index contributed by atoms with van der Waals surface area (Å²) in [7, 11) is 0. The molecule has 0 aromatic heterocycles. The quantitative estimate of drug-likeness (QED) is 0.248. The Hall–Kier alpha value is -4.10. The van der Waals surface area contributed by atoms with Crippen LogP contribution >= 0.6 is 0 Å². The van der Waals surface area contributed by atoms with Crippen molar-refractivity contribution >= 4 is 5.91 Å². The number of carbonyl (C=O) groups excluding carboxylic acids is 1. The van der Waals surface area contributed by atoms with Crippen molar-refractivity contribution < 1.29 is 27.4 Å². The van der Waals surface area contributed by atoms with Gasteiger partial charge in [0.25, 0.3) is 0 Å². The van der Waals surface area contributed by atoms with E-state index >= 15 is 0 Å². The number of hydrogen-bond donors (Lipinski definition) is 0. The Morgan fingerprint density at radius 3 is 2.10 bits per heavy atom. The first-order chi connectivity index (χ1) is 18.9. The minimum atomic E-state index is -4.72. The fourth-order valence-electron chi connectivity index (χ4n) is 4.86. The summed E-state index contributed by atoms with van der Waals surface area (Å²) in [6.07, 6.45) is -4.58. The summed E-state index contributed by atoms with van der Waals surface area (Å²) in [6, 6.07) is 30.4. The molecule has 200 valence electrons. The van der Waals surface area contributed by atoms with Gasteiger partial charge in [-0.1, -0.05) is 91.0 Å². The number of ether oxygens (including phenoxy) is 2. The number of benzene rings is 4. The largest absolute Gasteiger partial charge is 0.488 e. The summed E-state index contributed by atoms with van der Waals surface area (Å²) in [5.41, 5.74) is 2.01. The average Bonchev–Trinajstić information content (AvgIpc) is 3.41. The average molecular weight is 532 g/mol. The maximum Gasteiger partial charge on any atom is 0.420 e. The van der Waals surface area contributed by atoms with Crippen LogP contribution in [0.4, 0.5) is 13.2 Å². The van der Waals surface area contributed by atoms with Gasteiger partial charge in [0.2, 0.25) is 5.91 Å². The normalized spacial score (nSPS) is 15.4. The van der Waals surface area contributed by atoms with E-state index in [1.165, 1.54) is 17.0 Å². The first kappa shape index (κ1) is 26.5. The van der Waals surface area contributed by atoms with E-state index in [1.807, 2.05) is 66.7 Å². The van der Waals surface area contributed by atoms with Gasteiger partial charge in [-0.05, 0) is 46.4 Å². The molecule has 1 amide bonds. The summed E-state index contributed by atoms with van der Waals surface area (Å²) in [4.78, 5) is 15.0. The summed E-state index contributed by atoms with van der Waals surface area (Å²) < 4.78 is 54.9. The number of rotatable bonds is 8. The van der Waals surface area contributed by atoms with Gasteiger partial charge in [0.1, 0.15) is 24.7 Å². The maximum absolute atomic E-state index is 14.5. The number of nitrogens with zero attached hydrogens (tertiary/aromatic N) is 1. The van der Waals surface area contributed by atoms with Crippen molar-refractivity contribution in [3.8, 4) is 16.9 Å². The van der Waals surface area contributed by atoms with Gasteiger partial charge in [0, 0.05) is 0 Å². The molecule has 5 rings (SSSR count). The molecule has 0 saturated carbocycles. The van der Waals surface area contributed by atoms with Crippen LogP contribution in [0.15, 0.2) is 103 Å². The smallest absolute Gasteiger partial charge is 0.420 e. The Balaban J connectivity index is 1.49. The van der Waals surface area contributed by atoms with Crippen LogP contribution in [0.2, 0.25) is 0 Å². The minimum absolute atomic E-state index is 0.0331. The van der Waals surface area contributed by atoms with Crippen LogP contribution in [0.1, 0.15) is 22.3 Å². The van der Waals surface area contributed by atoms with Gasteiger partial charge < -0.3 is 14.4 Å². The van der Waals surface area contributed by atoms with Crippen molar-refractivity contribution in [2.75, 3.05) is 13.3 Å².